The van der Waals surface area contributed by atoms with Gasteiger partial charge in [-0.2, -0.15) is 4.98 Å². The van der Waals surface area contributed by atoms with Gasteiger partial charge >= 0.3 is 5.69 Å². The van der Waals surface area contributed by atoms with Crippen LogP contribution < -0.4 is 5.56 Å². The summed E-state index contributed by atoms with van der Waals surface area (Å²) >= 11 is 3.25. The van der Waals surface area contributed by atoms with E-state index < -0.39 is 27.7 Å². The van der Waals surface area contributed by atoms with Gasteiger partial charge in [-0.05, 0) is 35.0 Å². The standard InChI is InChI=1S/C14H9BrN4O6/c1-5-2-7(15)10(13(22)16-5)12-17-14(25-18-12)6-3-8(19(23)24)11(21)9(20)4-6/h2-4,20-21H,1H3,(H,16,22). The van der Waals surface area contributed by atoms with Crippen molar-refractivity contribution in [1.82, 2.24) is 15.1 Å². The Morgan fingerprint density at radius 3 is 2.68 bits per heavy atom. The number of aromatic nitrogens is 3. The Morgan fingerprint density at radius 2 is 2.04 bits per heavy atom. The number of hydrogen-bond donors (Lipinski definition) is 3. The van der Waals surface area contributed by atoms with Crippen LogP contribution in [-0.4, -0.2) is 30.3 Å². The van der Waals surface area contributed by atoms with E-state index in [4.69, 9.17) is 4.52 Å². The SMILES string of the molecule is Cc1cc(Br)c(-c2noc(-c3cc(O)c(O)c([N+](=O)[O-])c3)n2)c(=O)[nH]1. The van der Waals surface area contributed by atoms with Gasteiger partial charge < -0.3 is 19.7 Å². The summed E-state index contributed by atoms with van der Waals surface area (Å²) in [7, 11) is 0. The number of phenolic OH excluding ortho intramolecular Hbond substituents is 2. The van der Waals surface area contributed by atoms with Crippen molar-refractivity contribution in [3.8, 4) is 34.3 Å². The van der Waals surface area contributed by atoms with Crippen LogP contribution >= 0.6 is 15.9 Å². The molecule has 1 aromatic carbocycles. The maximum Gasteiger partial charge on any atom is 0.315 e. The van der Waals surface area contributed by atoms with Gasteiger partial charge in [-0.25, -0.2) is 0 Å². The van der Waals surface area contributed by atoms with Crippen molar-refractivity contribution in [3.63, 3.8) is 0 Å². The summed E-state index contributed by atoms with van der Waals surface area (Å²) in [6.45, 7) is 1.70. The third-order valence-corrected chi connectivity index (χ3v) is 3.91. The number of hydrogen-bond acceptors (Lipinski definition) is 8. The summed E-state index contributed by atoms with van der Waals surface area (Å²) in [5.74, 6) is -1.79. The topological polar surface area (TPSA) is 155 Å². The minimum absolute atomic E-state index is 0.0143. The maximum atomic E-state index is 12.1. The summed E-state index contributed by atoms with van der Waals surface area (Å²) in [5.41, 5.74) is -0.398. The van der Waals surface area contributed by atoms with Crippen molar-refractivity contribution in [2.24, 2.45) is 0 Å². The molecule has 128 valence electrons. The van der Waals surface area contributed by atoms with E-state index in [9.17, 15) is 25.1 Å². The average molecular weight is 409 g/mol. The number of aromatic hydroxyl groups is 2. The number of H-pyrrole nitrogens is 1. The number of benzene rings is 1. The van der Waals surface area contributed by atoms with Gasteiger partial charge in [0.1, 0.15) is 5.56 Å². The molecule has 0 fully saturated rings. The van der Waals surface area contributed by atoms with E-state index in [1.54, 1.807) is 13.0 Å². The fourth-order valence-corrected chi connectivity index (χ4v) is 2.87. The van der Waals surface area contributed by atoms with Crippen molar-refractivity contribution < 1.29 is 19.7 Å². The predicted molar refractivity (Wildman–Crippen MR) is 88.2 cm³/mol. The summed E-state index contributed by atoms with van der Waals surface area (Å²) in [6.07, 6.45) is 0. The first kappa shape index (κ1) is 16.6. The summed E-state index contributed by atoms with van der Waals surface area (Å²) in [5, 5.41) is 33.8. The number of pyridine rings is 1. The highest BCUT2D eigenvalue weighted by molar-refractivity contribution is 9.10. The Hall–Kier alpha value is -3.21. The van der Waals surface area contributed by atoms with E-state index in [0.29, 0.717) is 10.2 Å². The fraction of sp³-hybridized carbons (Fsp3) is 0.0714. The monoisotopic (exact) mass is 408 g/mol. The number of nitro benzene ring substituents is 1. The molecule has 11 heteroatoms. The Morgan fingerprint density at radius 1 is 1.32 bits per heavy atom. The lowest BCUT2D eigenvalue weighted by molar-refractivity contribution is -0.385. The molecule has 3 N–H and O–H groups in total. The van der Waals surface area contributed by atoms with Crippen LogP contribution in [0.15, 0.2) is 32.0 Å². The maximum absolute atomic E-state index is 12.1. The molecule has 0 radical (unpaired) electrons. The average Bonchev–Trinajstić information content (AvgIpc) is 2.98. The Balaban J connectivity index is 2.12. The van der Waals surface area contributed by atoms with Gasteiger partial charge in [0.25, 0.3) is 11.4 Å². The number of nitrogens with zero attached hydrogens (tertiary/aromatic N) is 3. The van der Waals surface area contributed by atoms with Crippen LogP contribution in [0.2, 0.25) is 0 Å². The zero-order chi connectivity index (χ0) is 18.3. The lowest BCUT2D eigenvalue weighted by atomic mass is 10.1. The molecule has 0 bridgehead atoms. The van der Waals surface area contributed by atoms with Crippen molar-refractivity contribution >= 4 is 21.6 Å². The van der Waals surface area contributed by atoms with Gasteiger partial charge in [0.05, 0.1) is 10.5 Å². The zero-order valence-corrected chi connectivity index (χ0v) is 14.1. The normalized spacial score (nSPS) is 10.8. The number of phenols is 2. The van der Waals surface area contributed by atoms with Gasteiger partial charge in [-0.1, -0.05) is 5.16 Å². The van der Waals surface area contributed by atoms with Crippen LogP contribution in [-0.2, 0) is 0 Å². The predicted octanol–water partition coefficient (Wildman–Crippen LogP) is 2.48. The van der Waals surface area contributed by atoms with Gasteiger partial charge in [-0.15, -0.1) is 0 Å². The van der Waals surface area contributed by atoms with E-state index >= 15 is 0 Å². The lowest BCUT2D eigenvalue weighted by Gasteiger charge is -2.01. The van der Waals surface area contributed by atoms with Crippen molar-refractivity contribution in [1.29, 1.82) is 0 Å². The molecule has 0 aliphatic rings. The van der Waals surface area contributed by atoms with E-state index in [2.05, 4.69) is 31.1 Å². The van der Waals surface area contributed by atoms with Crippen LogP contribution in [0.25, 0.3) is 22.8 Å². The molecule has 3 aromatic rings. The fourth-order valence-electron chi connectivity index (χ4n) is 2.17. The van der Waals surface area contributed by atoms with Crippen LogP contribution in [0.4, 0.5) is 5.69 Å². The second kappa shape index (κ2) is 6.02. The minimum atomic E-state index is -0.869. The van der Waals surface area contributed by atoms with E-state index in [0.717, 1.165) is 12.1 Å². The largest absolute Gasteiger partial charge is 0.504 e. The van der Waals surface area contributed by atoms with Gasteiger partial charge in [0.15, 0.2) is 5.75 Å². The summed E-state index contributed by atoms with van der Waals surface area (Å²) in [4.78, 5) is 28.8. The molecule has 2 heterocycles. The van der Waals surface area contributed by atoms with Crippen LogP contribution in [0.5, 0.6) is 11.5 Å². The summed E-state index contributed by atoms with van der Waals surface area (Å²) < 4.78 is 5.47. The molecule has 0 aliphatic carbocycles. The smallest absolute Gasteiger partial charge is 0.315 e. The van der Waals surface area contributed by atoms with Crippen molar-refractivity contribution in [3.05, 3.63) is 48.8 Å². The number of aromatic amines is 1. The minimum Gasteiger partial charge on any atom is -0.504 e. The van der Waals surface area contributed by atoms with Gasteiger partial charge in [-0.3, -0.25) is 14.9 Å². The Kier molecular flexibility index (Phi) is 4.00. The molecular formula is C14H9BrN4O6. The zero-order valence-electron chi connectivity index (χ0n) is 12.5. The van der Waals surface area contributed by atoms with Gasteiger partial charge in [0, 0.05) is 16.2 Å². The number of rotatable bonds is 3. The molecule has 0 spiro atoms. The Labute approximate surface area is 147 Å². The second-order valence-corrected chi connectivity index (χ2v) is 5.90. The molecular weight excluding hydrogens is 400 g/mol. The van der Waals surface area contributed by atoms with Crippen LogP contribution in [0.3, 0.4) is 0 Å². The molecule has 10 nitrogen and oxygen atoms in total. The quantitative estimate of drug-likeness (QED) is 0.339. The first-order valence-electron chi connectivity index (χ1n) is 6.72. The molecule has 0 saturated carbocycles. The molecule has 0 atom stereocenters. The van der Waals surface area contributed by atoms with Gasteiger partial charge in [0.2, 0.25) is 11.6 Å². The second-order valence-electron chi connectivity index (χ2n) is 5.05. The third-order valence-electron chi connectivity index (χ3n) is 3.28. The van der Waals surface area contributed by atoms with E-state index in [1.807, 2.05) is 0 Å². The first-order chi connectivity index (χ1) is 11.8. The lowest BCUT2D eigenvalue weighted by Crippen LogP contribution is -2.11. The molecule has 3 rings (SSSR count). The van der Waals surface area contributed by atoms with E-state index in [1.165, 1.54) is 0 Å². The number of aryl methyl sites for hydroxylation is 1. The molecule has 2 aromatic heterocycles. The molecule has 25 heavy (non-hydrogen) atoms. The first-order valence-corrected chi connectivity index (χ1v) is 7.51. The van der Waals surface area contributed by atoms with Crippen LogP contribution in [0, 0.1) is 17.0 Å². The molecule has 0 unspecified atom stereocenters. The van der Waals surface area contributed by atoms with Crippen molar-refractivity contribution in [2.45, 2.75) is 6.92 Å². The van der Waals surface area contributed by atoms with Crippen molar-refractivity contribution in [2.75, 3.05) is 0 Å². The summed E-state index contributed by atoms with van der Waals surface area (Å²) in [6, 6.07) is 3.67. The number of halogens is 1. The highest BCUT2D eigenvalue weighted by atomic mass is 79.9. The highest BCUT2D eigenvalue weighted by Gasteiger charge is 2.23. The van der Waals surface area contributed by atoms with Crippen LogP contribution in [0.1, 0.15) is 5.69 Å². The molecule has 0 amide bonds. The Bertz CT molecular complexity index is 1060. The third kappa shape index (κ3) is 2.96. The number of nitro groups is 1. The number of nitrogens with one attached hydrogen (secondary N) is 1. The highest BCUT2D eigenvalue weighted by Crippen LogP contribution is 2.39. The molecule has 0 saturated heterocycles. The van der Waals surface area contributed by atoms with E-state index in [-0.39, 0.29) is 22.8 Å². The molecule has 0 aliphatic heterocycles.